The Morgan fingerprint density at radius 1 is 1.03 bits per heavy atom. The van der Waals surface area contributed by atoms with E-state index >= 15 is 0 Å². The van der Waals surface area contributed by atoms with E-state index in [-0.39, 0.29) is 17.7 Å². The number of aliphatic hydroxyl groups excluding tert-OH is 1. The Morgan fingerprint density at radius 2 is 1.68 bits per heavy atom. The fourth-order valence-electron chi connectivity index (χ4n) is 7.69. The van der Waals surface area contributed by atoms with Crippen molar-refractivity contribution in [3.63, 3.8) is 0 Å². The van der Waals surface area contributed by atoms with Gasteiger partial charge in [-0.1, -0.05) is 45.4 Å². The normalized spacial score (nSPS) is 26.3. The van der Waals surface area contributed by atoms with Crippen LogP contribution in [0, 0.1) is 19.8 Å². The molecule has 8 nitrogen and oxygen atoms in total. The van der Waals surface area contributed by atoms with Gasteiger partial charge in [-0.05, 0) is 64.7 Å². The maximum Gasteiger partial charge on any atom is 0.248 e. The van der Waals surface area contributed by atoms with Gasteiger partial charge in [-0.25, -0.2) is 0 Å². The summed E-state index contributed by atoms with van der Waals surface area (Å²) < 4.78 is 2.26. The van der Waals surface area contributed by atoms with E-state index in [1.165, 1.54) is 43.4 Å². The molecule has 2 saturated heterocycles. The molecule has 2 atom stereocenters. The Hall–Kier alpha value is -1.93. The molecule has 4 aliphatic rings. The molecule has 38 heavy (non-hydrogen) atoms. The van der Waals surface area contributed by atoms with Crippen LogP contribution in [0.15, 0.2) is 0 Å². The number of nitrogens with one attached hydrogen (secondary N) is 1. The van der Waals surface area contributed by atoms with Gasteiger partial charge < -0.3 is 15.3 Å². The fraction of sp³-hybridized carbons (Fsp3) is 0.833. The minimum absolute atomic E-state index is 0.0610. The molecule has 0 bridgehead atoms. The lowest BCUT2D eigenvalue weighted by Crippen LogP contribution is -2.75. The lowest BCUT2D eigenvalue weighted by atomic mass is 9.78. The van der Waals surface area contributed by atoms with Crippen LogP contribution in [-0.4, -0.2) is 73.8 Å². The topological polar surface area (TPSA) is 90.7 Å². The summed E-state index contributed by atoms with van der Waals surface area (Å²) in [5.74, 6) is -0.0400. The van der Waals surface area contributed by atoms with Gasteiger partial charge in [-0.15, -0.1) is 0 Å². The van der Waals surface area contributed by atoms with Gasteiger partial charge in [-0.3, -0.25) is 19.2 Å². The predicted molar refractivity (Wildman–Crippen MR) is 148 cm³/mol. The summed E-state index contributed by atoms with van der Waals surface area (Å²) in [5.41, 5.74) is 2.91. The zero-order valence-corrected chi connectivity index (χ0v) is 23.9. The summed E-state index contributed by atoms with van der Waals surface area (Å²) in [7, 11) is 0. The van der Waals surface area contributed by atoms with Gasteiger partial charge in [0.1, 0.15) is 11.6 Å². The predicted octanol–water partition coefficient (Wildman–Crippen LogP) is 4.02. The number of likely N-dealkylation sites (tertiary alicyclic amines) is 1. The summed E-state index contributed by atoms with van der Waals surface area (Å²) in [6, 6.07) is -0.272. The summed E-state index contributed by atoms with van der Waals surface area (Å²) in [6.07, 6.45) is 12.6. The van der Waals surface area contributed by atoms with Crippen LogP contribution >= 0.6 is 0 Å². The number of piperidine rings is 1. The molecule has 1 spiro atoms. The number of amides is 2. The van der Waals surface area contributed by atoms with Crippen molar-refractivity contribution in [2.45, 2.75) is 135 Å². The van der Waals surface area contributed by atoms with E-state index in [1.54, 1.807) is 0 Å². The third kappa shape index (κ3) is 5.15. The van der Waals surface area contributed by atoms with Gasteiger partial charge in [0.05, 0.1) is 17.8 Å². The largest absolute Gasteiger partial charge is 0.390 e. The smallest absolute Gasteiger partial charge is 0.248 e. The van der Waals surface area contributed by atoms with Crippen LogP contribution in [0.1, 0.15) is 113 Å². The molecule has 8 heteroatoms. The van der Waals surface area contributed by atoms with E-state index in [0.717, 1.165) is 63.9 Å². The molecule has 1 aromatic heterocycles. The van der Waals surface area contributed by atoms with Gasteiger partial charge in [-0.2, -0.15) is 5.10 Å². The highest BCUT2D eigenvalue weighted by Gasteiger charge is 2.55. The summed E-state index contributed by atoms with van der Waals surface area (Å²) in [5, 5.41) is 19.1. The van der Waals surface area contributed by atoms with Crippen LogP contribution in [0.3, 0.4) is 0 Å². The number of piperazine rings is 1. The molecule has 2 N–H and O–H groups in total. The zero-order valence-electron chi connectivity index (χ0n) is 23.9. The molecular formula is C30H49N5O3. The number of carbonyl (C=O) groups is 2. The summed E-state index contributed by atoms with van der Waals surface area (Å²) in [6.45, 7) is 9.41. The maximum absolute atomic E-state index is 13.9. The number of hydrogen-bond acceptors (Lipinski definition) is 5. The van der Waals surface area contributed by atoms with Crippen LogP contribution in [0.2, 0.25) is 0 Å². The van der Waals surface area contributed by atoms with Gasteiger partial charge in [0.15, 0.2) is 0 Å². The highest BCUT2D eigenvalue weighted by molar-refractivity contribution is 6.00. The van der Waals surface area contributed by atoms with Crippen molar-refractivity contribution < 1.29 is 14.7 Å². The van der Waals surface area contributed by atoms with E-state index in [2.05, 4.69) is 35.7 Å². The molecule has 212 valence electrons. The first kappa shape index (κ1) is 27.6. The number of aryl methyl sites for hydroxylation is 1. The van der Waals surface area contributed by atoms with E-state index in [9.17, 15) is 14.7 Å². The van der Waals surface area contributed by atoms with Crippen molar-refractivity contribution in [3.8, 4) is 0 Å². The number of nitrogens with zero attached hydrogens (tertiary/aromatic N) is 4. The lowest BCUT2D eigenvalue weighted by molar-refractivity contribution is -0.166. The van der Waals surface area contributed by atoms with Gasteiger partial charge in [0.2, 0.25) is 11.8 Å². The molecule has 3 heterocycles. The van der Waals surface area contributed by atoms with Crippen molar-refractivity contribution in [1.29, 1.82) is 0 Å². The second kappa shape index (κ2) is 11.7. The molecule has 2 aliphatic carbocycles. The molecule has 0 aromatic carbocycles. The minimum Gasteiger partial charge on any atom is -0.390 e. The molecule has 4 fully saturated rings. The number of carbonyl (C=O) groups excluding carboxylic acids is 2. The average molecular weight is 528 g/mol. The molecule has 0 radical (unpaired) electrons. The second-order valence-corrected chi connectivity index (χ2v) is 12.5. The summed E-state index contributed by atoms with van der Waals surface area (Å²) in [4.78, 5) is 31.9. The molecule has 1 aromatic rings. The Morgan fingerprint density at radius 3 is 2.34 bits per heavy atom. The zero-order chi connectivity index (χ0) is 26.9. The molecule has 2 aliphatic heterocycles. The standard InChI is InChI=1S/C30H49N5O3/c1-4-5-17-34-28(37)26(27(36)23-11-7-6-8-12-23)31-29(38)30(34)15-18-33(19-16-30)20-25-21(2)32-35(22(25)3)24-13-9-10-14-24/h23-24,26-27,36H,4-20H2,1-3H3,(H,31,38)/t26-,27-/m1/s1. The SMILES string of the molecule is CCCCN1C(=O)[C@@H]([C@H](O)C2CCCCC2)NC(=O)C12CCN(Cc1c(C)nn(C3CCCC3)c1C)CC2. The average Bonchev–Trinajstić information content (AvgIpc) is 3.56. The maximum atomic E-state index is 13.9. The quantitative estimate of drug-likeness (QED) is 0.533. The van der Waals surface area contributed by atoms with E-state index < -0.39 is 17.7 Å². The van der Waals surface area contributed by atoms with E-state index in [4.69, 9.17) is 5.10 Å². The van der Waals surface area contributed by atoms with Crippen LogP contribution in [0.25, 0.3) is 0 Å². The molecule has 2 saturated carbocycles. The Kier molecular flexibility index (Phi) is 8.48. The monoisotopic (exact) mass is 527 g/mol. The van der Waals surface area contributed by atoms with Crippen molar-refractivity contribution in [3.05, 3.63) is 17.0 Å². The van der Waals surface area contributed by atoms with Crippen molar-refractivity contribution >= 4 is 11.8 Å². The molecule has 5 rings (SSSR count). The van der Waals surface area contributed by atoms with Crippen LogP contribution in [-0.2, 0) is 16.1 Å². The highest BCUT2D eigenvalue weighted by Crippen LogP contribution is 2.37. The first-order valence-electron chi connectivity index (χ1n) is 15.4. The van der Waals surface area contributed by atoms with Crippen molar-refractivity contribution in [2.24, 2.45) is 5.92 Å². The van der Waals surface area contributed by atoms with Crippen molar-refractivity contribution in [1.82, 2.24) is 24.9 Å². The van der Waals surface area contributed by atoms with Gasteiger partial charge in [0, 0.05) is 37.4 Å². The van der Waals surface area contributed by atoms with Crippen LogP contribution < -0.4 is 5.32 Å². The first-order chi connectivity index (χ1) is 18.4. The highest BCUT2D eigenvalue weighted by atomic mass is 16.3. The van der Waals surface area contributed by atoms with Gasteiger partial charge in [0.25, 0.3) is 0 Å². The Balaban J connectivity index is 1.28. The number of hydrogen-bond donors (Lipinski definition) is 2. The Bertz CT molecular complexity index is 986. The molecule has 0 unspecified atom stereocenters. The number of aliphatic hydroxyl groups is 1. The van der Waals surface area contributed by atoms with Gasteiger partial charge >= 0.3 is 0 Å². The molecular weight excluding hydrogens is 478 g/mol. The van der Waals surface area contributed by atoms with Crippen LogP contribution in [0.4, 0.5) is 0 Å². The summed E-state index contributed by atoms with van der Waals surface area (Å²) >= 11 is 0. The van der Waals surface area contributed by atoms with E-state index in [1.807, 2.05) is 4.90 Å². The molecule has 2 amide bonds. The number of aromatic nitrogens is 2. The number of rotatable bonds is 8. The third-order valence-electron chi connectivity index (χ3n) is 10.2. The third-order valence-corrected chi connectivity index (χ3v) is 10.2. The van der Waals surface area contributed by atoms with Crippen LogP contribution in [0.5, 0.6) is 0 Å². The minimum atomic E-state index is -0.808. The number of unbranched alkanes of at least 4 members (excludes halogenated alkanes) is 1. The van der Waals surface area contributed by atoms with E-state index in [0.29, 0.717) is 25.4 Å². The lowest BCUT2D eigenvalue weighted by Gasteiger charge is -2.52. The second-order valence-electron chi connectivity index (χ2n) is 12.5. The Labute approximate surface area is 228 Å². The first-order valence-corrected chi connectivity index (χ1v) is 15.4. The fourth-order valence-corrected chi connectivity index (χ4v) is 7.69. The van der Waals surface area contributed by atoms with Crippen molar-refractivity contribution in [2.75, 3.05) is 19.6 Å².